The van der Waals surface area contributed by atoms with Gasteiger partial charge in [-0.1, -0.05) is 81.4 Å². The van der Waals surface area contributed by atoms with Crippen LogP contribution in [0.3, 0.4) is 0 Å². The number of fused-ring (bicyclic) bond motifs is 5. The Hall–Kier alpha value is -3.43. The topological polar surface area (TPSA) is 96.6 Å². The summed E-state index contributed by atoms with van der Waals surface area (Å²) >= 11 is 0. The average Bonchev–Trinajstić information content (AvgIpc) is 3.44. The van der Waals surface area contributed by atoms with E-state index in [1.54, 1.807) is 0 Å². The van der Waals surface area contributed by atoms with Gasteiger partial charge in [-0.2, -0.15) is 5.26 Å². The predicted molar refractivity (Wildman–Crippen MR) is 181 cm³/mol. The fourth-order valence-corrected chi connectivity index (χ4v) is 11.0. The van der Waals surface area contributed by atoms with Crippen LogP contribution in [0.2, 0.25) is 0 Å². The van der Waals surface area contributed by atoms with Crippen molar-refractivity contribution in [1.29, 1.82) is 5.26 Å². The Morgan fingerprint density at radius 1 is 0.915 bits per heavy atom. The lowest BCUT2D eigenvalue weighted by Gasteiger charge is -2.62. The van der Waals surface area contributed by atoms with Crippen LogP contribution in [-0.4, -0.2) is 36.4 Å². The summed E-state index contributed by atoms with van der Waals surface area (Å²) in [5.41, 5.74) is 2.51. The molecule has 1 N–H and O–H groups in total. The number of ether oxygens (including phenoxy) is 2. The van der Waals surface area contributed by atoms with Gasteiger partial charge >= 0.3 is 11.9 Å². The summed E-state index contributed by atoms with van der Waals surface area (Å²) in [7, 11) is 1.46. The average molecular weight is 638 g/mol. The van der Waals surface area contributed by atoms with E-state index in [-0.39, 0.29) is 40.5 Å². The monoisotopic (exact) mass is 637 g/mol. The first kappa shape index (κ1) is 33.5. The molecule has 250 valence electrons. The molecule has 47 heavy (non-hydrogen) atoms. The smallest absolute Gasteiger partial charge is 0.349 e. The van der Waals surface area contributed by atoms with E-state index in [1.165, 1.54) is 13.5 Å². The Morgan fingerprint density at radius 2 is 1.53 bits per heavy atom. The number of rotatable bonds is 8. The van der Waals surface area contributed by atoms with Gasteiger partial charge in [-0.15, -0.1) is 0 Å². The van der Waals surface area contributed by atoms with Crippen molar-refractivity contribution >= 4 is 17.5 Å². The molecule has 6 heteroatoms. The highest BCUT2D eigenvalue weighted by molar-refractivity contribution is 6.05. The first-order valence-electron chi connectivity index (χ1n) is 17.8. The number of hydrogen-bond donors (Lipinski definition) is 1. The molecule has 6 rings (SSSR count). The molecule has 0 saturated heterocycles. The minimum atomic E-state index is -0.565. The second kappa shape index (κ2) is 13.6. The number of nitriles is 1. The molecular formula is C41H51NO5. The molecule has 10 atom stereocenters. The van der Waals surface area contributed by atoms with E-state index in [0.29, 0.717) is 41.6 Å². The second-order valence-electron chi connectivity index (χ2n) is 15.5. The van der Waals surface area contributed by atoms with E-state index in [9.17, 15) is 20.0 Å². The highest BCUT2D eigenvalue weighted by atomic mass is 16.5. The zero-order valence-corrected chi connectivity index (χ0v) is 28.5. The van der Waals surface area contributed by atoms with Crippen LogP contribution in [0.15, 0.2) is 66.2 Å². The van der Waals surface area contributed by atoms with Gasteiger partial charge in [-0.25, -0.2) is 4.79 Å². The van der Waals surface area contributed by atoms with Crippen LogP contribution in [0.5, 0.6) is 0 Å². The van der Waals surface area contributed by atoms with Crippen molar-refractivity contribution in [1.82, 2.24) is 0 Å². The summed E-state index contributed by atoms with van der Waals surface area (Å²) in [6, 6.07) is 21.4. The number of aliphatic hydroxyl groups excluding tert-OH is 1. The van der Waals surface area contributed by atoms with E-state index in [4.69, 9.17) is 9.47 Å². The van der Waals surface area contributed by atoms with Crippen LogP contribution in [0.1, 0.15) is 96.1 Å². The maximum Gasteiger partial charge on any atom is 0.349 e. The van der Waals surface area contributed by atoms with Gasteiger partial charge in [-0.3, -0.25) is 4.79 Å². The molecule has 0 bridgehead atoms. The number of esters is 2. The molecule has 0 heterocycles. The third-order valence-corrected chi connectivity index (χ3v) is 13.4. The van der Waals surface area contributed by atoms with Crippen molar-refractivity contribution in [3.63, 3.8) is 0 Å². The molecule has 0 radical (unpaired) electrons. The Balaban J connectivity index is 1.17. The van der Waals surface area contributed by atoms with Gasteiger partial charge in [0.1, 0.15) is 17.7 Å². The van der Waals surface area contributed by atoms with E-state index in [1.807, 2.05) is 60.7 Å². The van der Waals surface area contributed by atoms with E-state index >= 15 is 0 Å². The fourth-order valence-electron chi connectivity index (χ4n) is 11.0. The van der Waals surface area contributed by atoms with Crippen LogP contribution >= 0.6 is 0 Å². The standard InChI is InChI=1S/C41H51NO5/c1-26(15-18-36(44)46-4)32-16-17-33-38-34(20-22-41(32,33)3)40(2)21-19-30(23-29(40)24-35(38)43)47-39(45)31(25-42)37(27-11-7-5-8-12-27)28-13-9-6-10-14-28/h5-14,26,29-30,32-35,38,43H,15-24H2,1-4H3/t26?,29-,30?,32?,33+,34?,35+,38-,40?,41?/m1/s1. The van der Waals surface area contributed by atoms with Gasteiger partial charge < -0.3 is 14.6 Å². The first-order chi connectivity index (χ1) is 22.6. The normalized spacial score (nSPS) is 34.9. The van der Waals surface area contributed by atoms with E-state index < -0.39 is 5.97 Å². The summed E-state index contributed by atoms with van der Waals surface area (Å²) in [6.45, 7) is 7.22. The maximum atomic E-state index is 13.7. The van der Waals surface area contributed by atoms with Gasteiger partial charge in [0, 0.05) is 12.0 Å². The van der Waals surface area contributed by atoms with Crippen LogP contribution in [0, 0.1) is 57.7 Å². The molecule has 6 nitrogen and oxygen atoms in total. The third kappa shape index (κ3) is 6.17. The van der Waals surface area contributed by atoms with Gasteiger partial charge in [0.25, 0.3) is 0 Å². The highest BCUT2D eigenvalue weighted by Gasteiger charge is 2.63. The maximum absolute atomic E-state index is 13.7. The Morgan fingerprint density at radius 3 is 2.15 bits per heavy atom. The lowest BCUT2D eigenvalue weighted by molar-refractivity contribution is -0.181. The molecule has 0 spiro atoms. The van der Waals surface area contributed by atoms with Crippen molar-refractivity contribution < 1.29 is 24.2 Å². The zero-order valence-electron chi connectivity index (χ0n) is 28.5. The van der Waals surface area contributed by atoms with Crippen LogP contribution < -0.4 is 0 Å². The lowest BCUT2D eigenvalue weighted by Crippen LogP contribution is -2.58. The zero-order chi connectivity index (χ0) is 33.3. The molecule has 4 aliphatic rings. The quantitative estimate of drug-likeness (QED) is 0.178. The molecule has 0 aromatic heterocycles. The first-order valence-corrected chi connectivity index (χ1v) is 17.8. The predicted octanol–water partition coefficient (Wildman–Crippen LogP) is 8.14. The fraction of sp³-hybridized carbons (Fsp3) is 0.585. The van der Waals surface area contributed by atoms with E-state index in [0.717, 1.165) is 62.5 Å². The number of carbonyl (C=O) groups excluding carboxylic acids is 2. The van der Waals surface area contributed by atoms with Crippen LogP contribution in [-0.2, 0) is 19.1 Å². The molecule has 0 aliphatic heterocycles. The van der Waals surface area contributed by atoms with Gasteiger partial charge in [0.15, 0.2) is 0 Å². The second-order valence-corrected chi connectivity index (χ2v) is 15.5. The third-order valence-electron chi connectivity index (χ3n) is 13.4. The lowest BCUT2D eigenvalue weighted by atomic mass is 9.43. The molecule has 2 aromatic carbocycles. The molecule has 6 unspecified atom stereocenters. The van der Waals surface area contributed by atoms with E-state index in [2.05, 4.69) is 26.8 Å². The number of aliphatic hydroxyl groups is 1. The van der Waals surface area contributed by atoms with Crippen LogP contribution in [0.25, 0.3) is 5.57 Å². The Labute approximate surface area is 280 Å². The number of carbonyl (C=O) groups is 2. The molecule has 2 aromatic rings. The summed E-state index contributed by atoms with van der Waals surface area (Å²) in [6.07, 6.45) is 8.49. The van der Waals surface area contributed by atoms with Gasteiger partial charge in [0.05, 0.1) is 13.2 Å². The molecular weight excluding hydrogens is 586 g/mol. The SMILES string of the molecule is COC(=O)CCC(C)C1CC[C@H]2[C@@H]3C(CCC12C)C1(C)CCC(OC(=O)C(C#N)=C(c2ccccc2)c2ccccc2)C[C@@H]1C[C@@H]3O. The number of hydrogen-bond acceptors (Lipinski definition) is 6. The van der Waals surface area contributed by atoms with Crippen molar-refractivity contribution in [3.05, 3.63) is 77.4 Å². The molecule has 4 saturated carbocycles. The van der Waals surface area contributed by atoms with Crippen molar-refractivity contribution in [2.45, 2.75) is 97.2 Å². The van der Waals surface area contributed by atoms with Gasteiger partial charge in [-0.05, 0) is 115 Å². The molecule has 4 fully saturated rings. The van der Waals surface area contributed by atoms with Crippen LogP contribution in [0.4, 0.5) is 0 Å². The summed E-state index contributed by atoms with van der Waals surface area (Å²) < 4.78 is 11.1. The summed E-state index contributed by atoms with van der Waals surface area (Å²) in [4.78, 5) is 25.6. The Bertz CT molecular complexity index is 1470. The summed E-state index contributed by atoms with van der Waals surface area (Å²) in [5, 5.41) is 22.1. The van der Waals surface area contributed by atoms with Crippen molar-refractivity contribution in [3.8, 4) is 6.07 Å². The van der Waals surface area contributed by atoms with Crippen molar-refractivity contribution in [2.24, 2.45) is 46.3 Å². The minimum Gasteiger partial charge on any atom is -0.469 e. The minimum absolute atomic E-state index is 0.0302. The largest absolute Gasteiger partial charge is 0.469 e. The number of methoxy groups -OCH3 is 1. The molecule has 0 amide bonds. The number of nitrogens with zero attached hydrogens (tertiary/aromatic N) is 1. The Kier molecular flexibility index (Phi) is 9.68. The molecule has 4 aliphatic carbocycles. The number of benzene rings is 2. The van der Waals surface area contributed by atoms with Crippen molar-refractivity contribution in [2.75, 3.05) is 7.11 Å². The van der Waals surface area contributed by atoms with Gasteiger partial charge in [0.2, 0.25) is 0 Å². The highest BCUT2D eigenvalue weighted by Crippen LogP contribution is 2.68. The summed E-state index contributed by atoms with van der Waals surface area (Å²) in [5.74, 6) is 1.82.